The molecule has 0 atom stereocenters. The molecule has 2 rings (SSSR count). The van der Waals surface area contributed by atoms with Gasteiger partial charge in [0.1, 0.15) is 0 Å². The van der Waals surface area contributed by atoms with E-state index in [1.54, 1.807) is 0 Å². The van der Waals surface area contributed by atoms with Gasteiger partial charge in [-0.15, -0.1) is 24.0 Å². The van der Waals surface area contributed by atoms with Gasteiger partial charge in [0, 0.05) is 32.1 Å². The smallest absolute Gasteiger partial charge is 0.208 e. The first-order chi connectivity index (χ1) is 14.0. The van der Waals surface area contributed by atoms with Crippen molar-refractivity contribution in [1.29, 1.82) is 0 Å². The highest BCUT2D eigenvalue weighted by Gasteiger charge is 2.13. The molecule has 0 saturated carbocycles. The van der Waals surface area contributed by atoms with Crippen molar-refractivity contribution in [3.05, 3.63) is 71.8 Å². The predicted octanol–water partition coefficient (Wildman–Crippen LogP) is 3.32. The molecule has 0 spiro atoms. The van der Waals surface area contributed by atoms with Gasteiger partial charge in [-0.2, -0.15) is 0 Å². The van der Waals surface area contributed by atoms with Gasteiger partial charge in [-0.05, 0) is 30.9 Å². The SMILES string of the molecule is CCNC(=NCCCNS(C)(=O)=O)NCCC(c1ccccc1)c1ccccc1.I. The first-order valence-electron chi connectivity index (χ1n) is 10.1. The number of hydrogen-bond donors (Lipinski definition) is 3. The summed E-state index contributed by atoms with van der Waals surface area (Å²) in [7, 11) is -3.14. The van der Waals surface area contributed by atoms with E-state index in [4.69, 9.17) is 0 Å². The van der Waals surface area contributed by atoms with Gasteiger partial charge in [0.25, 0.3) is 0 Å². The Labute approximate surface area is 198 Å². The summed E-state index contributed by atoms with van der Waals surface area (Å²) in [5.74, 6) is 1.07. The average molecular weight is 545 g/mol. The van der Waals surface area contributed by atoms with Crippen LogP contribution in [0.1, 0.15) is 36.8 Å². The second-order valence-corrected chi connectivity index (χ2v) is 8.70. The Morgan fingerprint density at radius 1 is 0.933 bits per heavy atom. The van der Waals surface area contributed by atoms with Crippen molar-refractivity contribution < 1.29 is 8.42 Å². The second-order valence-electron chi connectivity index (χ2n) is 6.87. The molecule has 3 N–H and O–H groups in total. The zero-order valence-corrected chi connectivity index (χ0v) is 20.8. The fourth-order valence-electron chi connectivity index (χ4n) is 3.10. The molecular formula is C22H33IN4O2S. The minimum absolute atomic E-state index is 0. The van der Waals surface area contributed by atoms with Gasteiger partial charge in [-0.1, -0.05) is 60.7 Å². The molecule has 6 nitrogen and oxygen atoms in total. The third-order valence-electron chi connectivity index (χ3n) is 4.44. The fourth-order valence-corrected chi connectivity index (χ4v) is 3.62. The van der Waals surface area contributed by atoms with Crippen LogP contribution < -0.4 is 15.4 Å². The molecule has 0 saturated heterocycles. The van der Waals surface area contributed by atoms with Crippen LogP contribution in [0.25, 0.3) is 0 Å². The summed E-state index contributed by atoms with van der Waals surface area (Å²) in [6.45, 7) is 4.53. The summed E-state index contributed by atoms with van der Waals surface area (Å²) in [6, 6.07) is 21.1. The van der Waals surface area contributed by atoms with E-state index < -0.39 is 10.0 Å². The molecule has 0 amide bonds. The fraction of sp³-hybridized carbons (Fsp3) is 0.409. The Balaban J connectivity index is 0.00000450. The normalized spacial score (nSPS) is 11.8. The summed E-state index contributed by atoms with van der Waals surface area (Å²) in [5, 5.41) is 6.64. The molecule has 2 aromatic carbocycles. The summed E-state index contributed by atoms with van der Waals surface area (Å²) in [5.41, 5.74) is 2.60. The van der Waals surface area contributed by atoms with E-state index in [0.29, 0.717) is 25.4 Å². The van der Waals surface area contributed by atoms with Crippen LogP contribution in [0.3, 0.4) is 0 Å². The van der Waals surface area contributed by atoms with E-state index in [0.717, 1.165) is 31.7 Å². The number of halogens is 1. The molecule has 8 heteroatoms. The van der Waals surface area contributed by atoms with Crippen LogP contribution >= 0.6 is 24.0 Å². The molecule has 0 radical (unpaired) electrons. The van der Waals surface area contributed by atoms with E-state index in [1.165, 1.54) is 11.1 Å². The van der Waals surface area contributed by atoms with E-state index in [2.05, 4.69) is 68.9 Å². The maximum atomic E-state index is 11.1. The van der Waals surface area contributed by atoms with Crippen LogP contribution in [-0.2, 0) is 10.0 Å². The van der Waals surface area contributed by atoms with Crippen molar-refractivity contribution in [2.45, 2.75) is 25.7 Å². The number of aliphatic imine (C=N–C) groups is 1. The van der Waals surface area contributed by atoms with Gasteiger partial charge in [-0.3, -0.25) is 4.99 Å². The lowest BCUT2D eigenvalue weighted by Crippen LogP contribution is -2.38. The standard InChI is InChI=1S/C22H32N4O2S.HI/c1-3-23-22(24-16-10-17-26-29(2,27)28)25-18-15-21(19-11-6-4-7-12-19)20-13-8-5-9-14-20;/h4-9,11-14,21,26H,3,10,15-18H2,1-2H3,(H2,23,24,25);1H. The number of nitrogens with zero attached hydrogens (tertiary/aromatic N) is 1. The number of nitrogens with one attached hydrogen (secondary N) is 3. The quantitative estimate of drug-likeness (QED) is 0.176. The second kappa shape index (κ2) is 14.4. The van der Waals surface area contributed by atoms with Crippen molar-refractivity contribution >= 4 is 40.0 Å². The molecular weight excluding hydrogens is 511 g/mol. The summed E-state index contributed by atoms with van der Waals surface area (Å²) < 4.78 is 24.7. The summed E-state index contributed by atoms with van der Waals surface area (Å²) in [6.07, 6.45) is 2.76. The lowest BCUT2D eigenvalue weighted by molar-refractivity contribution is 0.585. The molecule has 2 aromatic rings. The number of rotatable bonds is 11. The van der Waals surface area contributed by atoms with Gasteiger partial charge >= 0.3 is 0 Å². The number of hydrogen-bond acceptors (Lipinski definition) is 3. The monoisotopic (exact) mass is 544 g/mol. The van der Waals surface area contributed by atoms with Crippen LogP contribution in [0, 0.1) is 0 Å². The van der Waals surface area contributed by atoms with Gasteiger partial charge < -0.3 is 10.6 Å². The van der Waals surface area contributed by atoms with Crippen LogP contribution in [0.5, 0.6) is 0 Å². The molecule has 0 heterocycles. The van der Waals surface area contributed by atoms with Crippen molar-refractivity contribution in [2.24, 2.45) is 4.99 Å². The van der Waals surface area contributed by atoms with Gasteiger partial charge in [0.05, 0.1) is 6.26 Å². The number of benzene rings is 2. The Morgan fingerprint density at radius 3 is 2.00 bits per heavy atom. The van der Waals surface area contributed by atoms with Crippen LogP contribution in [0.15, 0.2) is 65.7 Å². The topological polar surface area (TPSA) is 82.6 Å². The van der Waals surface area contributed by atoms with Crippen LogP contribution in [0.4, 0.5) is 0 Å². The van der Waals surface area contributed by atoms with Gasteiger partial charge in [-0.25, -0.2) is 13.1 Å². The Morgan fingerprint density at radius 2 is 1.50 bits per heavy atom. The van der Waals surface area contributed by atoms with E-state index in [-0.39, 0.29) is 24.0 Å². The first-order valence-corrected chi connectivity index (χ1v) is 12.0. The average Bonchev–Trinajstić information content (AvgIpc) is 2.71. The minimum Gasteiger partial charge on any atom is -0.357 e. The third-order valence-corrected chi connectivity index (χ3v) is 5.17. The van der Waals surface area contributed by atoms with E-state index in [1.807, 2.05) is 19.1 Å². The molecule has 0 aliphatic rings. The largest absolute Gasteiger partial charge is 0.357 e. The van der Waals surface area contributed by atoms with E-state index in [9.17, 15) is 8.42 Å². The number of sulfonamides is 1. The molecule has 0 aromatic heterocycles. The van der Waals surface area contributed by atoms with Crippen molar-refractivity contribution in [2.75, 3.05) is 32.4 Å². The van der Waals surface area contributed by atoms with Crippen LogP contribution in [0.2, 0.25) is 0 Å². The highest BCUT2D eigenvalue weighted by Crippen LogP contribution is 2.27. The summed E-state index contributed by atoms with van der Waals surface area (Å²) >= 11 is 0. The Bertz CT molecular complexity index is 806. The Kier molecular flexibility index (Phi) is 12.6. The minimum atomic E-state index is -3.14. The third kappa shape index (κ3) is 10.4. The highest BCUT2D eigenvalue weighted by molar-refractivity contribution is 14.0. The lowest BCUT2D eigenvalue weighted by Gasteiger charge is -2.19. The van der Waals surface area contributed by atoms with E-state index >= 15 is 0 Å². The molecule has 30 heavy (non-hydrogen) atoms. The maximum absolute atomic E-state index is 11.1. The molecule has 0 fully saturated rings. The first kappa shape index (κ1) is 26.4. The van der Waals surface area contributed by atoms with Crippen molar-refractivity contribution in [1.82, 2.24) is 15.4 Å². The predicted molar refractivity (Wildman–Crippen MR) is 136 cm³/mol. The molecule has 0 unspecified atom stereocenters. The maximum Gasteiger partial charge on any atom is 0.208 e. The zero-order chi connectivity index (χ0) is 21.0. The molecule has 0 bridgehead atoms. The molecule has 0 aliphatic heterocycles. The zero-order valence-electron chi connectivity index (χ0n) is 17.7. The van der Waals surface area contributed by atoms with Crippen molar-refractivity contribution in [3.63, 3.8) is 0 Å². The highest BCUT2D eigenvalue weighted by atomic mass is 127. The Hall–Kier alpha value is -1.65. The molecule has 166 valence electrons. The van der Waals surface area contributed by atoms with Gasteiger partial charge in [0.15, 0.2) is 5.96 Å². The lowest BCUT2D eigenvalue weighted by atomic mass is 9.88. The van der Waals surface area contributed by atoms with Gasteiger partial charge in [0.2, 0.25) is 10.0 Å². The summed E-state index contributed by atoms with van der Waals surface area (Å²) in [4.78, 5) is 4.53. The molecule has 0 aliphatic carbocycles. The van der Waals surface area contributed by atoms with Crippen LogP contribution in [-0.4, -0.2) is 46.8 Å². The number of guanidine groups is 1. The van der Waals surface area contributed by atoms with Crippen molar-refractivity contribution in [3.8, 4) is 0 Å².